The van der Waals surface area contributed by atoms with Gasteiger partial charge in [0.05, 0.1) is 47.8 Å². The predicted octanol–water partition coefficient (Wildman–Crippen LogP) is 6.02. The van der Waals surface area contributed by atoms with Crippen molar-refractivity contribution in [3.63, 3.8) is 0 Å². The number of halogens is 2. The molecule has 0 radical (unpaired) electrons. The first kappa shape index (κ1) is 38.4. The maximum atomic E-state index is 15.2. The summed E-state index contributed by atoms with van der Waals surface area (Å²) in [4.78, 5) is 59.8. The molecule has 3 fully saturated rings. The topological polar surface area (TPSA) is 125 Å². The fourth-order valence-electron chi connectivity index (χ4n) is 8.16. The zero-order valence-electron chi connectivity index (χ0n) is 29.4. The Bertz CT molecular complexity index is 1840. The van der Waals surface area contributed by atoms with Gasteiger partial charge in [-0.3, -0.25) is 19.2 Å². The molecular formula is C41H43BrClN3O7. The van der Waals surface area contributed by atoms with Crippen LogP contribution in [-0.2, 0) is 28.7 Å². The smallest absolute Gasteiger partial charge is 0.313 e. The van der Waals surface area contributed by atoms with Crippen molar-refractivity contribution in [2.45, 2.75) is 60.9 Å². The number of hydrogen-bond acceptors (Lipinski definition) is 7. The molecule has 8 atom stereocenters. The maximum Gasteiger partial charge on any atom is 0.313 e. The Hall–Kier alpha value is -4.29. The number of aliphatic hydroxyl groups excluding tert-OH is 1. The summed E-state index contributed by atoms with van der Waals surface area (Å²) >= 11 is 10.5. The molecule has 0 saturated carbocycles. The minimum atomic E-state index is -1.46. The van der Waals surface area contributed by atoms with E-state index in [9.17, 15) is 14.7 Å². The molecule has 0 aliphatic carbocycles. The summed E-state index contributed by atoms with van der Waals surface area (Å²) in [7, 11) is 0. The number of fused-ring (bicyclic) bond motifs is 1. The van der Waals surface area contributed by atoms with Crippen LogP contribution in [0.4, 0.5) is 5.69 Å². The van der Waals surface area contributed by atoms with Crippen molar-refractivity contribution in [1.82, 2.24) is 10.2 Å². The number of alkyl halides is 1. The Morgan fingerprint density at radius 2 is 1.75 bits per heavy atom. The number of allylic oxidation sites excluding steroid dienone is 1. The Morgan fingerprint density at radius 1 is 1.08 bits per heavy atom. The predicted molar refractivity (Wildman–Crippen MR) is 205 cm³/mol. The highest BCUT2D eigenvalue weighted by Crippen LogP contribution is 2.62. The Labute approximate surface area is 322 Å². The van der Waals surface area contributed by atoms with Crippen molar-refractivity contribution in [3.05, 3.63) is 126 Å². The van der Waals surface area contributed by atoms with E-state index in [-0.39, 0.29) is 31.8 Å². The number of ether oxygens (including phenoxy) is 2. The highest BCUT2D eigenvalue weighted by molar-refractivity contribution is 9.09. The highest BCUT2D eigenvalue weighted by Gasteiger charge is 2.77. The normalized spacial score (nSPS) is 25.3. The van der Waals surface area contributed by atoms with E-state index in [4.69, 9.17) is 21.1 Å². The zero-order chi connectivity index (χ0) is 37.9. The van der Waals surface area contributed by atoms with Crippen molar-refractivity contribution in [2.75, 3.05) is 24.6 Å². The first-order chi connectivity index (χ1) is 25.6. The minimum absolute atomic E-state index is 0.00694. The first-order valence-corrected chi connectivity index (χ1v) is 19.0. The van der Waals surface area contributed by atoms with Crippen LogP contribution in [0.15, 0.2) is 104 Å². The van der Waals surface area contributed by atoms with Gasteiger partial charge >= 0.3 is 5.97 Å². The van der Waals surface area contributed by atoms with Crippen molar-refractivity contribution < 1.29 is 33.8 Å². The van der Waals surface area contributed by atoms with E-state index in [1.54, 1.807) is 60.7 Å². The SMILES string of the molecule is C=CCCC(=O)NC[C@H](OC(=O)[C@H]1[C@@H]2O[C@@]3(CC2Br)[C@@H]1C(=O)N([C@H](CO)c1ccccc1)[C@@H]3C(=O)N(CC=C)c1c(C)cccc1Cl)c1ccccc1. The number of esters is 1. The van der Waals surface area contributed by atoms with Gasteiger partial charge in [-0.1, -0.05) is 112 Å². The molecule has 1 spiro atoms. The van der Waals surface area contributed by atoms with Gasteiger partial charge in [-0.25, -0.2) is 0 Å². The maximum absolute atomic E-state index is 15.2. The van der Waals surface area contributed by atoms with Crippen molar-refractivity contribution in [1.29, 1.82) is 0 Å². The van der Waals surface area contributed by atoms with Crippen LogP contribution in [0.3, 0.4) is 0 Å². The van der Waals surface area contributed by atoms with Gasteiger partial charge in [-0.2, -0.15) is 0 Å². The molecule has 53 heavy (non-hydrogen) atoms. The van der Waals surface area contributed by atoms with E-state index in [2.05, 4.69) is 34.4 Å². The second kappa shape index (κ2) is 16.4. The number of carbonyl (C=O) groups is 4. The minimum Gasteiger partial charge on any atom is -0.455 e. The van der Waals surface area contributed by atoms with Gasteiger partial charge in [-0.15, -0.1) is 13.2 Å². The molecule has 3 aliphatic heterocycles. The Kier molecular flexibility index (Phi) is 11.9. The molecule has 3 aliphatic rings. The molecule has 3 amide bonds. The third-order valence-corrected chi connectivity index (χ3v) is 11.6. The van der Waals surface area contributed by atoms with E-state index < -0.39 is 70.9 Å². The van der Waals surface area contributed by atoms with Crippen LogP contribution in [0.1, 0.15) is 48.1 Å². The number of carbonyl (C=O) groups excluding carboxylic acids is 4. The number of aryl methyl sites for hydroxylation is 1. The van der Waals surface area contributed by atoms with Gasteiger partial charge < -0.3 is 29.7 Å². The summed E-state index contributed by atoms with van der Waals surface area (Å²) in [5.41, 5.74) is 1.01. The molecule has 3 heterocycles. The Balaban J connectivity index is 1.42. The first-order valence-electron chi connectivity index (χ1n) is 17.7. The van der Waals surface area contributed by atoms with Crippen molar-refractivity contribution in [3.8, 4) is 0 Å². The quantitative estimate of drug-likeness (QED) is 0.110. The molecule has 0 aromatic heterocycles. The third-order valence-electron chi connectivity index (χ3n) is 10.5. The molecule has 278 valence electrons. The van der Waals surface area contributed by atoms with Gasteiger partial charge in [0.1, 0.15) is 17.7 Å². The summed E-state index contributed by atoms with van der Waals surface area (Å²) in [5.74, 6) is -4.11. The van der Waals surface area contributed by atoms with Crippen LogP contribution in [0.5, 0.6) is 0 Å². The lowest BCUT2D eigenvalue weighted by atomic mass is 9.70. The monoisotopic (exact) mass is 803 g/mol. The number of nitrogens with zero attached hydrogens (tertiary/aromatic N) is 2. The van der Waals surface area contributed by atoms with E-state index >= 15 is 9.59 Å². The van der Waals surface area contributed by atoms with Crippen molar-refractivity contribution >= 4 is 56.9 Å². The second-order valence-corrected chi connectivity index (χ2v) is 15.2. The lowest BCUT2D eigenvalue weighted by molar-refractivity contribution is -0.160. The largest absolute Gasteiger partial charge is 0.455 e. The highest BCUT2D eigenvalue weighted by atomic mass is 79.9. The number of para-hydroxylation sites is 1. The average molecular weight is 805 g/mol. The number of rotatable bonds is 15. The molecule has 6 rings (SSSR count). The number of benzene rings is 3. The molecule has 2 N–H and O–H groups in total. The molecule has 12 heteroatoms. The van der Waals surface area contributed by atoms with Gasteiger partial charge in [0.2, 0.25) is 11.8 Å². The van der Waals surface area contributed by atoms with Gasteiger partial charge in [0, 0.05) is 17.8 Å². The number of likely N-dealkylation sites (tertiary alicyclic amines) is 1. The summed E-state index contributed by atoms with van der Waals surface area (Å²) in [6, 6.07) is 21.1. The fourth-order valence-corrected chi connectivity index (χ4v) is 9.42. The standard InChI is InChI=1S/C41H43BrClN3O7/c1-4-6-20-32(48)44-23-31(27-17-11-8-12-18-27)52-40(51)33-34-38(49)46(30(24-47)26-15-9-7-10-16-26)37(41(34)22-28(42)36(33)53-41)39(50)45(21-5-2)35-25(3)14-13-19-29(35)43/h4-5,7-19,28,30-31,33-34,36-37,47H,1-2,6,20-24H2,3H3,(H,44,48)/t28?,30-,31+,33-,34+,36-,37-,41+/m1/s1. The molecule has 3 aromatic carbocycles. The lowest BCUT2D eigenvalue weighted by Crippen LogP contribution is -2.57. The summed E-state index contributed by atoms with van der Waals surface area (Å²) in [5, 5.41) is 14.1. The molecule has 3 aromatic rings. The fraction of sp³-hybridized carbons (Fsp3) is 0.366. The van der Waals surface area contributed by atoms with Crippen LogP contribution in [0.25, 0.3) is 0 Å². The van der Waals surface area contributed by atoms with Crippen LogP contribution >= 0.6 is 27.5 Å². The number of nitrogens with one attached hydrogen (secondary N) is 1. The van der Waals surface area contributed by atoms with Crippen LogP contribution in [-0.4, -0.2) is 76.0 Å². The average Bonchev–Trinajstić information content (AvgIpc) is 3.76. The molecule has 2 bridgehead atoms. The van der Waals surface area contributed by atoms with E-state index in [0.29, 0.717) is 28.3 Å². The van der Waals surface area contributed by atoms with Gasteiger partial charge in [0.15, 0.2) is 0 Å². The molecule has 1 unspecified atom stereocenters. The third kappa shape index (κ3) is 7.19. The number of aliphatic hydroxyl groups is 1. The summed E-state index contributed by atoms with van der Waals surface area (Å²) in [6.07, 6.45) is 2.53. The lowest BCUT2D eigenvalue weighted by Gasteiger charge is -2.40. The van der Waals surface area contributed by atoms with Gasteiger partial charge in [0.25, 0.3) is 5.91 Å². The number of anilines is 1. The summed E-state index contributed by atoms with van der Waals surface area (Å²) < 4.78 is 13.0. The van der Waals surface area contributed by atoms with Crippen LogP contribution in [0, 0.1) is 18.8 Å². The van der Waals surface area contributed by atoms with Crippen molar-refractivity contribution in [2.24, 2.45) is 11.8 Å². The van der Waals surface area contributed by atoms with Gasteiger partial charge in [-0.05, 0) is 42.5 Å². The van der Waals surface area contributed by atoms with E-state index in [0.717, 1.165) is 5.56 Å². The van der Waals surface area contributed by atoms with Crippen LogP contribution in [0.2, 0.25) is 5.02 Å². The molecular weight excluding hydrogens is 762 g/mol. The second-order valence-electron chi connectivity index (χ2n) is 13.6. The van der Waals surface area contributed by atoms with E-state index in [1.807, 2.05) is 37.3 Å². The van der Waals surface area contributed by atoms with Crippen LogP contribution < -0.4 is 10.2 Å². The van der Waals surface area contributed by atoms with E-state index in [1.165, 1.54) is 9.80 Å². The molecule has 3 saturated heterocycles. The molecule has 10 nitrogen and oxygen atoms in total. The number of amides is 3. The number of hydrogen-bond donors (Lipinski definition) is 2. The summed E-state index contributed by atoms with van der Waals surface area (Å²) in [6.45, 7) is 8.99. The Morgan fingerprint density at radius 3 is 2.38 bits per heavy atom. The zero-order valence-corrected chi connectivity index (χ0v) is 31.7.